The number of unbranched alkanes of at least 4 members (excludes halogenated alkanes) is 1. The normalized spacial score (nSPS) is 19.1. The molecule has 0 bridgehead atoms. The van der Waals surface area contributed by atoms with E-state index in [0.717, 1.165) is 24.5 Å². The number of nitrogens with two attached hydrogens (primary N) is 1. The number of rotatable bonds is 7. The molecule has 2 saturated carbocycles. The van der Waals surface area contributed by atoms with Crippen LogP contribution in [0.1, 0.15) is 76.5 Å². The minimum absolute atomic E-state index is 0.487. The Labute approximate surface area is 133 Å². The van der Waals surface area contributed by atoms with E-state index in [4.69, 9.17) is 15.5 Å². The molecule has 1 aromatic heterocycles. The number of nitrogens with one attached hydrogen (secondary N) is 1. The largest absolute Gasteiger partial charge is 0.476 e. The Bertz CT molecular complexity index is 496. The van der Waals surface area contributed by atoms with Gasteiger partial charge in [0, 0.05) is 12.0 Å². The van der Waals surface area contributed by atoms with Crippen molar-refractivity contribution in [2.75, 3.05) is 17.7 Å². The van der Waals surface area contributed by atoms with E-state index in [0.29, 0.717) is 30.1 Å². The van der Waals surface area contributed by atoms with Crippen LogP contribution in [0.15, 0.2) is 0 Å². The topological polar surface area (TPSA) is 73.1 Å². The average molecular weight is 304 g/mol. The van der Waals surface area contributed by atoms with Crippen LogP contribution < -0.4 is 15.8 Å². The highest BCUT2D eigenvalue weighted by atomic mass is 16.5. The minimum Gasteiger partial charge on any atom is -0.476 e. The molecular formula is C17H28N4O. The van der Waals surface area contributed by atoms with Gasteiger partial charge >= 0.3 is 0 Å². The molecule has 0 aromatic carbocycles. The van der Waals surface area contributed by atoms with Gasteiger partial charge < -0.3 is 15.8 Å². The lowest BCUT2D eigenvalue weighted by atomic mass is 9.95. The second kappa shape index (κ2) is 7.16. The summed E-state index contributed by atoms with van der Waals surface area (Å²) in [5.74, 6) is 2.76. The Morgan fingerprint density at radius 1 is 1.14 bits per heavy atom. The number of aromatic nitrogens is 2. The molecule has 2 aliphatic carbocycles. The molecule has 2 aliphatic rings. The molecule has 22 heavy (non-hydrogen) atoms. The van der Waals surface area contributed by atoms with Crippen LogP contribution in [0.25, 0.3) is 0 Å². The summed E-state index contributed by atoms with van der Waals surface area (Å²) in [5.41, 5.74) is 6.83. The van der Waals surface area contributed by atoms with E-state index in [1.54, 1.807) is 0 Å². The third-order valence-electron chi connectivity index (χ3n) is 4.55. The maximum atomic E-state index is 6.26. The highest BCUT2D eigenvalue weighted by Gasteiger charge is 2.29. The van der Waals surface area contributed by atoms with Gasteiger partial charge in [0.2, 0.25) is 5.88 Å². The second-order valence-electron chi connectivity index (χ2n) is 6.60. The van der Waals surface area contributed by atoms with Gasteiger partial charge in [-0.2, -0.15) is 4.98 Å². The molecule has 2 fully saturated rings. The van der Waals surface area contributed by atoms with E-state index in [1.165, 1.54) is 44.9 Å². The molecule has 3 rings (SSSR count). The maximum absolute atomic E-state index is 6.26. The van der Waals surface area contributed by atoms with Crippen molar-refractivity contribution in [1.29, 1.82) is 0 Å². The molecule has 0 spiro atoms. The standard InChI is InChI=1S/C17H28N4O/c1-2-3-11-22-17-14(18)16(19-13-7-5-4-6-8-13)20-15(21-17)12-9-10-12/h12-13H,2-11,18H2,1H3,(H,19,20,21). The van der Waals surface area contributed by atoms with Gasteiger partial charge in [-0.15, -0.1) is 0 Å². The van der Waals surface area contributed by atoms with E-state index in [2.05, 4.69) is 17.2 Å². The van der Waals surface area contributed by atoms with Gasteiger partial charge in [0.05, 0.1) is 6.61 Å². The average Bonchev–Trinajstić information content (AvgIpc) is 3.37. The van der Waals surface area contributed by atoms with Crippen molar-refractivity contribution in [2.24, 2.45) is 0 Å². The van der Waals surface area contributed by atoms with Crippen LogP contribution in [0, 0.1) is 0 Å². The van der Waals surface area contributed by atoms with Crippen molar-refractivity contribution in [3.05, 3.63) is 5.82 Å². The summed E-state index contributed by atoms with van der Waals surface area (Å²) in [4.78, 5) is 9.25. The SMILES string of the molecule is CCCCOc1nc(C2CC2)nc(NC2CCCCC2)c1N. The van der Waals surface area contributed by atoms with Crippen LogP contribution in [0.3, 0.4) is 0 Å². The van der Waals surface area contributed by atoms with Crippen LogP contribution in [-0.2, 0) is 0 Å². The van der Waals surface area contributed by atoms with Gasteiger partial charge in [-0.05, 0) is 32.1 Å². The molecule has 0 atom stereocenters. The van der Waals surface area contributed by atoms with Crippen LogP contribution in [0.5, 0.6) is 5.88 Å². The molecule has 3 N–H and O–H groups in total. The fourth-order valence-electron chi connectivity index (χ4n) is 2.96. The Balaban J connectivity index is 1.76. The molecule has 0 saturated heterocycles. The van der Waals surface area contributed by atoms with Gasteiger partial charge in [0.1, 0.15) is 11.5 Å². The first-order valence-corrected chi connectivity index (χ1v) is 8.84. The van der Waals surface area contributed by atoms with E-state index in [9.17, 15) is 0 Å². The zero-order valence-corrected chi connectivity index (χ0v) is 13.6. The zero-order valence-electron chi connectivity index (χ0n) is 13.6. The summed E-state index contributed by atoms with van der Waals surface area (Å²) in [5, 5.41) is 3.55. The number of nitrogens with zero attached hydrogens (tertiary/aromatic N) is 2. The molecule has 0 amide bonds. The number of hydrogen-bond donors (Lipinski definition) is 2. The number of hydrogen-bond acceptors (Lipinski definition) is 5. The predicted molar refractivity (Wildman–Crippen MR) is 89.3 cm³/mol. The summed E-state index contributed by atoms with van der Waals surface area (Å²) < 4.78 is 5.81. The van der Waals surface area contributed by atoms with Crippen LogP contribution in [0.2, 0.25) is 0 Å². The zero-order chi connectivity index (χ0) is 15.4. The number of ether oxygens (including phenoxy) is 1. The summed E-state index contributed by atoms with van der Waals surface area (Å²) in [6.07, 6.45) is 10.8. The van der Waals surface area contributed by atoms with Crippen molar-refractivity contribution in [2.45, 2.75) is 76.7 Å². The molecule has 1 heterocycles. The third-order valence-corrected chi connectivity index (χ3v) is 4.55. The van der Waals surface area contributed by atoms with Gasteiger partial charge in [0.25, 0.3) is 0 Å². The number of nitrogen functional groups attached to an aromatic ring is 1. The highest BCUT2D eigenvalue weighted by molar-refractivity contribution is 5.67. The van der Waals surface area contributed by atoms with Gasteiger partial charge in [-0.3, -0.25) is 0 Å². The fraction of sp³-hybridized carbons (Fsp3) is 0.765. The highest BCUT2D eigenvalue weighted by Crippen LogP contribution is 2.41. The smallest absolute Gasteiger partial charge is 0.242 e. The molecule has 0 aliphatic heterocycles. The van der Waals surface area contributed by atoms with E-state index < -0.39 is 0 Å². The predicted octanol–water partition coefficient (Wildman–Crippen LogP) is 3.86. The quantitative estimate of drug-likeness (QED) is 0.748. The lowest BCUT2D eigenvalue weighted by molar-refractivity contribution is 0.298. The Hall–Kier alpha value is -1.52. The van der Waals surface area contributed by atoms with Crippen molar-refractivity contribution in [1.82, 2.24) is 9.97 Å². The summed E-state index contributed by atoms with van der Waals surface area (Å²) in [6, 6.07) is 0.487. The lowest BCUT2D eigenvalue weighted by Crippen LogP contribution is -2.24. The Morgan fingerprint density at radius 2 is 1.91 bits per heavy atom. The van der Waals surface area contributed by atoms with E-state index >= 15 is 0 Å². The van der Waals surface area contributed by atoms with Crippen molar-refractivity contribution >= 4 is 11.5 Å². The summed E-state index contributed by atoms with van der Waals surface area (Å²) in [7, 11) is 0. The monoisotopic (exact) mass is 304 g/mol. The Kier molecular flexibility index (Phi) is 5.01. The third kappa shape index (κ3) is 3.81. The van der Waals surface area contributed by atoms with Crippen LogP contribution >= 0.6 is 0 Å². The fourth-order valence-corrected chi connectivity index (χ4v) is 2.96. The van der Waals surface area contributed by atoms with Crippen LogP contribution in [0.4, 0.5) is 11.5 Å². The molecule has 122 valence electrons. The first-order valence-electron chi connectivity index (χ1n) is 8.84. The second-order valence-corrected chi connectivity index (χ2v) is 6.60. The summed E-state index contributed by atoms with van der Waals surface area (Å²) in [6.45, 7) is 2.82. The number of anilines is 2. The molecule has 5 nitrogen and oxygen atoms in total. The van der Waals surface area contributed by atoms with Gasteiger partial charge in [0.15, 0.2) is 5.82 Å². The first kappa shape index (κ1) is 15.4. The van der Waals surface area contributed by atoms with Gasteiger partial charge in [-0.25, -0.2) is 4.98 Å². The molecule has 1 aromatic rings. The first-order chi connectivity index (χ1) is 10.8. The van der Waals surface area contributed by atoms with Crippen LogP contribution in [-0.4, -0.2) is 22.6 Å². The minimum atomic E-state index is 0.487. The molecule has 5 heteroatoms. The van der Waals surface area contributed by atoms with Gasteiger partial charge in [-0.1, -0.05) is 32.6 Å². The Morgan fingerprint density at radius 3 is 2.59 bits per heavy atom. The van der Waals surface area contributed by atoms with Crippen molar-refractivity contribution in [3.8, 4) is 5.88 Å². The molecule has 0 radical (unpaired) electrons. The summed E-state index contributed by atoms with van der Waals surface area (Å²) >= 11 is 0. The van der Waals surface area contributed by atoms with E-state index in [-0.39, 0.29) is 0 Å². The molecule has 0 unspecified atom stereocenters. The lowest BCUT2D eigenvalue weighted by Gasteiger charge is -2.24. The van der Waals surface area contributed by atoms with E-state index in [1.807, 2.05) is 0 Å². The van der Waals surface area contributed by atoms with Crippen molar-refractivity contribution in [3.63, 3.8) is 0 Å². The molecular weight excluding hydrogens is 276 g/mol. The maximum Gasteiger partial charge on any atom is 0.242 e. The van der Waals surface area contributed by atoms with Crippen molar-refractivity contribution < 1.29 is 4.74 Å².